The Morgan fingerprint density at radius 1 is 1.15 bits per heavy atom. The molecule has 0 radical (unpaired) electrons. The monoisotopic (exact) mass is 392 g/mol. The topological polar surface area (TPSA) is 81.6 Å². The lowest BCUT2D eigenvalue weighted by atomic mass is 9.99. The Morgan fingerprint density at radius 2 is 1.96 bits per heavy atom. The zero-order chi connectivity index (χ0) is 18.7. The van der Waals surface area contributed by atoms with Gasteiger partial charge < -0.3 is 15.5 Å². The third kappa shape index (κ3) is 4.63. The van der Waals surface area contributed by atoms with Crippen LogP contribution in [0.5, 0.6) is 0 Å². The molecule has 3 rings (SSSR count). The van der Waals surface area contributed by atoms with Gasteiger partial charge in [0.25, 0.3) is 5.91 Å². The smallest absolute Gasteiger partial charge is 0.255 e. The molecule has 1 amide bonds. The summed E-state index contributed by atoms with van der Waals surface area (Å²) in [5, 5.41) is 25.7. The molecule has 1 fully saturated rings. The molecule has 5 nitrogen and oxygen atoms in total. The van der Waals surface area contributed by atoms with Crippen molar-refractivity contribution in [3.05, 3.63) is 69.2 Å². The van der Waals surface area contributed by atoms with E-state index in [-0.39, 0.29) is 5.91 Å². The summed E-state index contributed by atoms with van der Waals surface area (Å²) in [6, 6.07) is 11.9. The van der Waals surface area contributed by atoms with Crippen molar-refractivity contribution in [2.75, 3.05) is 5.32 Å². The van der Waals surface area contributed by atoms with Crippen LogP contribution in [-0.2, 0) is 0 Å². The second-order valence-corrected chi connectivity index (χ2v) is 6.87. The van der Waals surface area contributed by atoms with Crippen molar-refractivity contribution in [1.82, 2.24) is 5.32 Å². The predicted molar refractivity (Wildman–Crippen MR) is 103 cm³/mol. The Bertz CT molecular complexity index is 854. The second-order valence-electron chi connectivity index (χ2n) is 6.05. The van der Waals surface area contributed by atoms with Crippen LogP contribution in [0.2, 0.25) is 10.0 Å². The number of benzene rings is 2. The zero-order valence-corrected chi connectivity index (χ0v) is 15.3. The predicted octanol–water partition coefficient (Wildman–Crippen LogP) is 3.65. The van der Waals surface area contributed by atoms with E-state index in [1.165, 1.54) is 0 Å². The summed E-state index contributed by atoms with van der Waals surface area (Å²) in [5.74, 6) is -0.277. The van der Waals surface area contributed by atoms with E-state index in [0.29, 0.717) is 34.1 Å². The molecule has 0 spiro atoms. The summed E-state index contributed by atoms with van der Waals surface area (Å²) in [4.78, 5) is 12.5. The van der Waals surface area contributed by atoms with Crippen LogP contribution in [0.4, 0.5) is 5.69 Å². The van der Waals surface area contributed by atoms with Gasteiger partial charge >= 0.3 is 0 Å². The van der Waals surface area contributed by atoms with Gasteiger partial charge in [-0.3, -0.25) is 10.1 Å². The first-order valence-corrected chi connectivity index (χ1v) is 8.87. The highest BCUT2D eigenvalue weighted by atomic mass is 35.5. The SMILES string of the molecule is O=C(Nc1ccc(Cl)c(Cl)c1)c1cccc(/C=C2\CCC(O)NC2O)c1. The molecule has 7 heteroatoms. The largest absolute Gasteiger partial charge is 0.379 e. The fraction of sp³-hybridized carbons (Fsp3) is 0.211. The number of aliphatic hydroxyl groups is 2. The van der Waals surface area contributed by atoms with Crippen LogP contribution in [0.25, 0.3) is 6.08 Å². The number of halogens is 2. The van der Waals surface area contributed by atoms with Crippen molar-refractivity contribution in [3.8, 4) is 0 Å². The highest BCUT2D eigenvalue weighted by molar-refractivity contribution is 6.42. The van der Waals surface area contributed by atoms with Crippen LogP contribution < -0.4 is 10.6 Å². The van der Waals surface area contributed by atoms with Crippen LogP contribution in [0.15, 0.2) is 48.0 Å². The van der Waals surface area contributed by atoms with Gasteiger partial charge in [-0.1, -0.05) is 41.4 Å². The maximum Gasteiger partial charge on any atom is 0.255 e. The Labute approximate surface area is 161 Å². The molecule has 0 bridgehead atoms. The molecule has 2 atom stereocenters. The number of carbonyl (C=O) groups is 1. The van der Waals surface area contributed by atoms with Crippen LogP contribution >= 0.6 is 23.2 Å². The van der Waals surface area contributed by atoms with Gasteiger partial charge in [-0.05, 0) is 54.3 Å². The van der Waals surface area contributed by atoms with Crippen LogP contribution in [0.1, 0.15) is 28.8 Å². The molecule has 2 unspecified atom stereocenters. The van der Waals surface area contributed by atoms with E-state index in [1.54, 1.807) is 36.4 Å². The van der Waals surface area contributed by atoms with Crippen molar-refractivity contribution in [1.29, 1.82) is 0 Å². The molecule has 4 N–H and O–H groups in total. The van der Waals surface area contributed by atoms with Gasteiger partial charge in [0.15, 0.2) is 0 Å². The third-order valence-electron chi connectivity index (χ3n) is 4.09. The lowest BCUT2D eigenvalue weighted by Crippen LogP contribution is -2.43. The van der Waals surface area contributed by atoms with E-state index in [4.69, 9.17) is 23.2 Å². The first kappa shape index (κ1) is 18.9. The Hall–Kier alpha value is -1.89. The molecular formula is C19H18Cl2N2O3. The van der Waals surface area contributed by atoms with Crippen molar-refractivity contribution >= 4 is 40.9 Å². The number of carbonyl (C=O) groups excluding carboxylic acids is 1. The van der Waals surface area contributed by atoms with Gasteiger partial charge in [-0.2, -0.15) is 0 Å². The molecular weight excluding hydrogens is 375 g/mol. The lowest BCUT2D eigenvalue weighted by Gasteiger charge is -2.26. The third-order valence-corrected chi connectivity index (χ3v) is 4.83. The molecule has 1 aliphatic rings. The fourth-order valence-corrected chi connectivity index (χ4v) is 3.02. The highest BCUT2D eigenvalue weighted by Gasteiger charge is 2.21. The summed E-state index contributed by atoms with van der Waals surface area (Å²) in [6.45, 7) is 0. The number of hydrogen-bond acceptors (Lipinski definition) is 4. The summed E-state index contributed by atoms with van der Waals surface area (Å²) >= 11 is 11.8. The number of hydrogen-bond donors (Lipinski definition) is 4. The number of nitrogens with one attached hydrogen (secondary N) is 2. The molecule has 1 aliphatic heterocycles. The first-order chi connectivity index (χ1) is 12.4. The van der Waals surface area contributed by atoms with Gasteiger partial charge in [-0.25, -0.2) is 0 Å². The molecule has 2 aromatic carbocycles. The summed E-state index contributed by atoms with van der Waals surface area (Å²) < 4.78 is 0. The standard InChI is InChI=1S/C19H18Cl2N2O3/c20-15-6-5-14(10-16(15)21)22-18(25)12-3-1-2-11(8-12)9-13-4-7-17(24)23-19(13)26/h1-3,5-6,8-10,17,19,23-24,26H,4,7H2,(H,22,25)/b13-9+. The van der Waals surface area contributed by atoms with Gasteiger partial charge in [0.05, 0.1) is 10.0 Å². The number of rotatable bonds is 3. The summed E-state index contributed by atoms with van der Waals surface area (Å²) in [6.07, 6.45) is 1.33. The molecule has 1 saturated heterocycles. The van der Waals surface area contributed by atoms with Crippen molar-refractivity contribution in [3.63, 3.8) is 0 Å². The summed E-state index contributed by atoms with van der Waals surface area (Å²) in [7, 11) is 0. The number of piperidine rings is 1. The minimum absolute atomic E-state index is 0.277. The fourth-order valence-electron chi connectivity index (χ4n) is 2.72. The van der Waals surface area contributed by atoms with Gasteiger partial charge in [0.2, 0.25) is 0 Å². The average molecular weight is 393 g/mol. The van der Waals surface area contributed by atoms with E-state index in [1.807, 2.05) is 12.1 Å². The maximum absolute atomic E-state index is 12.5. The Kier molecular flexibility index (Phi) is 5.96. The van der Waals surface area contributed by atoms with Gasteiger partial charge in [-0.15, -0.1) is 0 Å². The van der Waals surface area contributed by atoms with E-state index in [0.717, 1.165) is 11.1 Å². The molecule has 26 heavy (non-hydrogen) atoms. The van der Waals surface area contributed by atoms with Crippen molar-refractivity contribution in [2.24, 2.45) is 0 Å². The number of aliphatic hydroxyl groups excluding tert-OH is 2. The molecule has 2 aromatic rings. The lowest BCUT2D eigenvalue weighted by molar-refractivity contribution is 0.0350. The number of anilines is 1. The zero-order valence-electron chi connectivity index (χ0n) is 13.7. The first-order valence-electron chi connectivity index (χ1n) is 8.11. The average Bonchev–Trinajstić information content (AvgIpc) is 2.61. The summed E-state index contributed by atoms with van der Waals surface area (Å²) in [5.41, 5.74) is 2.58. The van der Waals surface area contributed by atoms with Gasteiger partial charge in [0.1, 0.15) is 12.5 Å². The molecule has 0 saturated carbocycles. The van der Waals surface area contributed by atoms with Crippen molar-refractivity contribution in [2.45, 2.75) is 25.3 Å². The minimum atomic E-state index is -0.896. The van der Waals surface area contributed by atoms with E-state index in [2.05, 4.69) is 10.6 Å². The van der Waals surface area contributed by atoms with Crippen LogP contribution in [-0.4, -0.2) is 28.6 Å². The molecule has 136 valence electrons. The van der Waals surface area contributed by atoms with Crippen LogP contribution in [0.3, 0.4) is 0 Å². The normalized spacial score (nSPS) is 21.6. The van der Waals surface area contributed by atoms with Crippen LogP contribution in [0, 0.1) is 0 Å². The van der Waals surface area contributed by atoms with E-state index >= 15 is 0 Å². The minimum Gasteiger partial charge on any atom is -0.379 e. The highest BCUT2D eigenvalue weighted by Crippen LogP contribution is 2.25. The van der Waals surface area contributed by atoms with Gasteiger partial charge in [0, 0.05) is 11.3 Å². The Balaban J connectivity index is 1.76. The van der Waals surface area contributed by atoms with Crippen molar-refractivity contribution < 1.29 is 15.0 Å². The van der Waals surface area contributed by atoms with E-state index < -0.39 is 12.5 Å². The number of amides is 1. The maximum atomic E-state index is 12.5. The molecule has 0 aliphatic carbocycles. The molecule has 1 heterocycles. The second kappa shape index (κ2) is 8.20. The van der Waals surface area contributed by atoms with E-state index in [9.17, 15) is 15.0 Å². The quantitative estimate of drug-likeness (QED) is 0.642. The molecule has 0 aromatic heterocycles. The Morgan fingerprint density at radius 3 is 2.69 bits per heavy atom.